The van der Waals surface area contributed by atoms with Gasteiger partial charge in [0.15, 0.2) is 0 Å². The van der Waals surface area contributed by atoms with E-state index in [4.69, 9.17) is 0 Å². The van der Waals surface area contributed by atoms with Gasteiger partial charge in [0.2, 0.25) is 0 Å². The highest BCUT2D eigenvalue weighted by atomic mass is 16.7. The van der Waals surface area contributed by atoms with Gasteiger partial charge >= 0.3 is 23.9 Å². The van der Waals surface area contributed by atoms with Crippen LogP contribution in [0.4, 0.5) is 0 Å². The molecule has 0 radical (unpaired) electrons. The molecule has 0 aliphatic carbocycles. The quantitative estimate of drug-likeness (QED) is 0.331. The fraction of sp³-hybridized carbons (Fsp3) is 0.467. The number of rotatable bonds is 8. The summed E-state index contributed by atoms with van der Waals surface area (Å²) in [5, 5.41) is 18.7. The van der Waals surface area contributed by atoms with Gasteiger partial charge in [-0.15, -0.1) is 10.1 Å². The SMILES string of the molecule is O=C(CCC(C(=O)O)(C(=O)O)C(=O)ON1C(=O)CCC1=O)ON1C(=O)CCC1=O. The van der Waals surface area contributed by atoms with Crippen molar-refractivity contribution >= 4 is 47.5 Å². The molecular weight excluding hydrogens is 400 g/mol. The number of carbonyl (C=O) groups is 8. The number of hydrogen-bond acceptors (Lipinski definition) is 10. The molecular formula is C15H14N2O12. The maximum Gasteiger partial charge on any atom is 0.361 e. The van der Waals surface area contributed by atoms with Gasteiger partial charge in [0, 0.05) is 25.7 Å². The van der Waals surface area contributed by atoms with Crippen LogP contribution in [0.2, 0.25) is 0 Å². The van der Waals surface area contributed by atoms with E-state index in [1.165, 1.54) is 0 Å². The zero-order valence-corrected chi connectivity index (χ0v) is 14.6. The topological polar surface area (TPSA) is 202 Å². The van der Waals surface area contributed by atoms with Crippen molar-refractivity contribution < 1.29 is 58.2 Å². The first-order chi connectivity index (χ1) is 13.5. The first kappa shape index (κ1) is 21.5. The first-order valence-electron chi connectivity index (χ1n) is 8.12. The number of carbonyl (C=O) groups excluding carboxylic acids is 6. The fourth-order valence-corrected chi connectivity index (χ4v) is 2.50. The van der Waals surface area contributed by atoms with E-state index in [0.717, 1.165) is 0 Å². The van der Waals surface area contributed by atoms with E-state index in [1.807, 2.05) is 0 Å². The molecule has 156 valence electrons. The van der Waals surface area contributed by atoms with Crippen LogP contribution in [-0.4, -0.2) is 67.8 Å². The summed E-state index contributed by atoms with van der Waals surface area (Å²) in [4.78, 5) is 102. The third-order valence-corrected chi connectivity index (χ3v) is 4.16. The lowest BCUT2D eigenvalue weighted by Gasteiger charge is -2.24. The standard InChI is InChI=1S/C15H14N2O12/c18-7-1-2-8(19)16(7)28-11(22)5-6-15(12(23)24,13(25)26)14(27)29-17-9(20)3-4-10(17)21/h1-6H2,(H,23,24)(H,25,26). The van der Waals surface area contributed by atoms with Crippen molar-refractivity contribution in [2.24, 2.45) is 5.41 Å². The molecule has 0 spiro atoms. The third-order valence-electron chi connectivity index (χ3n) is 4.16. The van der Waals surface area contributed by atoms with Crippen molar-refractivity contribution in [3.8, 4) is 0 Å². The molecule has 0 aromatic carbocycles. The average molecular weight is 414 g/mol. The minimum absolute atomic E-state index is 0.0388. The highest BCUT2D eigenvalue weighted by Gasteiger charge is 2.57. The maximum atomic E-state index is 12.3. The lowest BCUT2D eigenvalue weighted by atomic mass is 9.83. The van der Waals surface area contributed by atoms with Gasteiger partial charge in [0.1, 0.15) is 0 Å². The van der Waals surface area contributed by atoms with Gasteiger partial charge in [-0.05, 0) is 6.42 Å². The Labute approximate surface area is 160 Å². The van der Waals surface area contributed by atoms with E-state index in [0.29, 0.717) is 0 Å². The molecule has 2 fully saturated rings. The van der Waals surface area contributed by atoms with E-state index >= 15 is 0 Å². The third kappa shape index (κ3) is 4.04. The van der Waals surface area contributed by atoms with Crippen molar-refractivity contribution in [2.75, 3.05) is 0 Å². The Kier molecular flexibility index (Phi) is 5.95. The minimum atomic E-state index is -3.36. The second-order valence-electron chi connectivity index (χ2n) is 6.02. The molecule has 14 heteroatoms. The molecule has 0 atom stereocenters. The molecule has 4 amide bonds. The molecule has 0 bridgehead atoms. The van der Waals surface area contributed by atoms with E-state index in [9.17, 15) is 48.6 Å². The number of nitrogens with zero attached hydrogens (tertiary/aromatic N) is 2. The van der Waals surface area contributed by atoms with Gasteiger partial charge in [-0.1, -0.05) is 0 Å². The Morgan fingerprint density at radius 2 is 1.14 bits per heavy atom. The molecule has 0 saturated carbocycles. The number of hydroxylamine groups is 4. The highest BCUT2D eigenvalue weighted by Crippen LogP contribution is 2.29. The summed E-state index contributed by atoms with van der Waals surface area (Å²) in [6, 6.07) is 0. The smallest absolute Gasteiger partial charge is 0.361 e. The van der Waals surface area contributed by atoms with Gasteiger partial charge in [0.25, 0.3) is 29.0 Å². The molecule has 0 unspecified atom stereocenters. The predicted octanol–water partition coefficient (Wildman–Crippen LogP) is -1.86. The second-order valence-corrected chi connectivity index (χ2v) is 6.02. The second kappa shape index (κ2) is 8.04. The number of aliphatic carboxylic acids is 2. The normalized spacial score (nSPS) is 17.0. The van der Waals surface area contributed by atoms with Gasteiger partial charge < -0.3 is 19.9 Å². The summed E-state index contributed by atoms with van der Waals surface area (Å²) in [7, 11) is 0. The van der Waals surface area contributed by atoms with Crippen molar-refractivity contribution in [1.29, 1.82) is 0 Å². The Bertz CT molecular complexity index is 785. The summed E-state index contributed by atoms with van der Waals surface area (Å²) in [5.74, 6) is -11.4. The van der Waals surface area contributed by atoms with Crippen molar-refractivity contribution in [3.05, 3.63) is 0 Å². The zero-order chi connectivity index (χ0) is 21.9. The lowest BCUT2D eigenvalue weighted by Crippen LogP contribution is -2.50. The molecule has 2 aliphatic heterocycles. The lowest BCUT2D eigenvalue weighted by molar-refractivity contribution is -0.211. The number of amides is 4. The summed E-state index contributed by atoms with van der Waals surface area (Å²) in [5.41, 5.74) is -3.36. The molecule has 0 aromatic rings. The molecule has 2 heterocycles. The monoisotopic (exact) mass is 414 g/mol. The van der Waals surface area contributed by atoms with Crippen LogP contribution in [0.1, 0.15) is 38.5 Å². The van der Waals surface area contributed by atoms with Crippen LogP contribution in [0, 0.1) is 5.41 Å². The summed E-state index contributed by atoms with van der Waals surface area (Å²) >= 11 is 0. The van der Waals surface area contributed by atoms with Crippen LogP contribution in [0.15, 0.2) is 0 Å². The Morgan fingerprint density at radius 1 is 0.759 bits per heavy atom. The number of imide groups is 2. The Balaban J connectivity index is 2.14. The summed E-state index contributed by atoms with van der Waals surface area (Å²) in [6.45, 7) is 0. The average Bonchev–Trinajstić information content (AvgIpc) is 3.11. The van der Waals surface area contributed by atoms with E-state index in [2.05, 4.69) is 9.68 Å². The van der Waals surface area contributed by atoms with Gasteiger partial charge in [0.05, 0.1) is 6.42 Å². The fourth-order valence-electron chi connectivity index (χ4n) is 2.50. The van der Waals surface area contributed by atoms with E-state index < -0.39 is 65.8 Å². The van der Waals surface area contributed by atoms with Crippen molar-refractivity contribution in [1.82, 2.24) is 10.1 Å². The van der Waals surface area contributed by atoms with Gasteiger partial charge in [-0.3, -0.25) is 28.8 Å². The van der Waals surface area contributed by atoms with Crippen LogP contribution < -0.4 is 0 Å². The van der Waals surface area contributed by atoms with E-state index in [-0.39, 0.29) is 35.8 Å². The van der Waals surface area contributed by atoms with Crippen LogP contribution in [0.25, 0.3) is 0 Å². The molecule has 2 aliphatic rings. The summed E-state index contributed by atoms with van der Waals surface area (Å²) < 4.78 is 0. The van der Waals surface area contributed by atoms with E-state index in [1.54, 1.807) is 0 Å². The maximum absolute atomic E-state index is 12.3. The molecule has 2 saturated heterocycles. The molecule has 2 rings (SSSR count). The molecule has 14 nitrogen and oxygen atoms in total. The van der Waals surface area contributed by atoms with Crippen molar-refractivity contribution in [3.63, 3.8) is 0 Å². The summed E-state index contributed by atoms with van der Waals surface area (Å²) in [6.07, 6.45) is -3.27. The number of hydrogen-bond donors (Lipinski definition) is 2. The Hall–Kier alpha value is -3.84. The molecule has 0 aromatic heterocycles. The molecule has 29 heavy (non-hydrogen) atoms. The highest BCUT2D eigenvalue weighted by molar-refractivity contribution is 6.17. The number of carboxylic acid groups (broad SMARTS) is 2. The van der Waals surface area contributed by atoms with Crippen molar-refractivity contribution in [2.45, 2.75) is 38.5 Å². The predicted molar refractivity (Wildman–Crippen MR) is 81.3 cm³/mol. The van der Waals surface area contributed by atoms with Crippen LogP contribution >= 0.6 is 0 Å². The number of carboxylic acids is 2. The first-order valence-corrected chi connectivity index (χ1v) is 8.12. The largest absolute Gasteiger partial charge is 0.480 e. The van der Waals surface area contributed by atoms with Crippen LogP contribution in [0.3, 0.4) is 0 Å². The Morgan fingerprint density at radius 3 is 1.52 bits per heavy atom. The minimum Gasteiger partial charge on any atom is -0.480 e. The van der Waals surface area contributed by atoms with Gasteiger partial charge in [-0.25, -0.2) is 9.59 Å². The van der Waals surface area contributed by atoms with Gasteiger partial charge in [-0.2, -0.15) is 0 Å². The van der Waals surface area contributed by atoms with Crippen LogP contribution in [-0.2, 0) is 48.0 Å². The zero-order valence-electron chi connectivity index (χ0n) is 14.6. The molecule has 2 N–H and O–H groups in total. The van der Waals surface area contributed by atoms with Crippen LogP contribution in [0.5, 0.6) is 0 Å².